The fourth-order valence-corrected chi connectivity index (χ4v) is 2.92. The molecular formula is C21H22N4O. The van der Waals surface area contributed by atoms with Gasteiger partial charge < -0.3 is 5.32 Å². The second kappa shape index (κ2) is 7.52. The number of nitrogens with one attached hydrogen (secondary N) is 1. The molecule has 2 aromatic carbocycles. The number of nitrogens with zero attached hydrogens (tertiary/aromatic N) is 3. The summed E-state index contributed by atoms with van der Waals surface area (Å²) in [4.78, 5) is 16.9. The molecule has 0 aliphatic heterocycles. The van der Waals surface area contributed by atoms with E-state index in [9.17, 15) is 4.79 Å². The van der Waals surface area contributed by atoms with Crippen LogP contribution < -0.4 is 5.32 Å². The molecule has 0 radical (unpaired) electrons. The molecule has 4 rings (SSSR count). The number of hydrogen-bond donors (Lipinski definition) is 1. The Morgan fingerprint density at radius 1 is 1.00 bits per heavy atom. The first kappa shape index (κ1) is 16.5. The molecule has 1 aliphatic rings. The maximum atomic E-state index is 12.4. The molecule has 3 aromatic rings. The van der Waals surface area contributed by atoms with Crippen LogP contribution in [0.4, 0.5) is 0 Å². The van der Waals surface area contributed by atoms with E-state index >= 15 is 0 Å². The topological polar surface area (TPSA) is 59.8 Å². The first-order valence-electron chi connectivity index (χ1n) is 9.13. The second-order valence-corrected chi connectivity index (χ2v) is 6.74. The lowest BCUT2D eigenvalue weighted by molar-refractivity contribution is 0.0941. The Balaban J connectivity index is 1.56. The zero-order valence-corrected chi connectivity index (χ0v) is 14.6. The number of rotatable bonds is 7. The minimum absolute atomic E-state index is 0.187. The number of carbonyl (C=O) groups is 1. The normalized spacial score (nSPS) is 13.5. The molecule has 0 spiro atoms. The summed E-state index contributed by atoms with van der Waals surface area (Å²) >= 11 is 0. The summed E-state index contributed by atoms with van der Waals surface area (Å²) in [7, 11) is 0. The molecule has 1 heterocycles. The summed E-state index contributed by atoms with van der Waals surface area (Å²) < 4.78 is 1.79. The van der Waals surface area contributed by atoms with Crippen molar-refractivity contribution in [2.24, 2.45) is 5.92 Å². The van der Waals surface area contributed by atoms with Crippen molar-refractivity contribution < 1.29 is 4.79 Å². The minimum Gasteiger partial charge on any atom is -0.349 e. The van der Waals surface area contributed by atoms with Crippen molar-refractivity contribution >= 4 is 5.91 Å². The molecular weight excluding hydrogens is 324 g/mol. The fourth-order valence-electron chi connectivity index (χ4n) is 2.92. The Hall–Kier alpha value is -2.95. The van der Waals surface area contributed by atoms with Crippen LogP contribution in [-0.2, 0) is 12.8 Å². The van der Waals surface area contributed by atoms with E-state index in [4.69, 9.17) is 0 Å². The molecule has 1 fully saturated rings. The van der Waals surface area contributed by atoms with E-state index in [1.54, 1.807) is 4.68 Å². The molecule has 5 heteroatoms. The molecule has 0 atom stereocenters. The molecule has 5 nitrogen and oxygen atoms in total. The number of aryl methyl sites for hydroxylation is 2. The van der Waals surface area contributed by atoms with Gasteiger partial charge in [0.15, 0.2) is 0 Å². The zero-order chi connectivity index (χ0) is 17.8. The maximum absolute atomic E-state index is 12.4. The molecule has 0 saturated heterocycles. The Morgan fingerprint density at radius 3 is 2.38 bits per heavy atom. The minimum atomic E-state index is -0.187. The monoisotopic (exact) mass is 346 g/mol. The van der Waals surface area contributed by atoms with Gasteiger partial charge in [-0.1, -0.05) is 48.5 Å². The van der Waals surface area contributed by atoms with Gasteiger partial charge in [-0.05, 0) is 42.9 Å². The van der Waals surface area contributed by atoms with Crippen molar-refractivity contribution in [3.8, 4) is 5.69 Å². The number of hydrogen-bond acceptors (Lipinski definition) is 3. The van der Waals surface area contributed by atoms with Crippen molar-refractivity contribution in [2.75, 3.05) is 6.54 Å². The smallest absolute Gasteiger partial charge is 0.290 e. The van der Waals surface area contributed by atoms with Crippen LogP contribution in [-0.4, -0.2) is 27.2 Å². The lowest BCUT2D eigenvalue weighted by Crippen LogP contribution is -2.26. The Kier molecular flexibility index (Phi) is 4.78. The SMILES string of the molecule is O=C(NCC1CC1)c1nc(CCc2ccccc2)n(-c2ccccc2)n1. The van der Waals surface area contributed by atoms with Crippen molar-refractivity contribution in [1.29, 1.82) is 0 Å². The van der Waals surface area contributed by atoms with E-state index in [0.717, 1.165) is 30.9 Å². The molecule has 1 saturated carbocycles. The highest BCUT2D eigenvalue weighted by atomic mass is 16.2. The van der Waals surface area contributed by atoms with Gasteiger partial charge in [-0.25, -0.2) is 9.67 Å². The number of amides is 1. The van der Waals surface area contributed by atoms with Crippen LogP contribution in [0.1, 0.15) is 34.8 Å². The van der Waals surface area contributed by atoms with E-state index < -0.39 is 0 Å². The van der Waals surface area contributed by atoms with Gasteiger partial charge in [0.25, 0.3) is 5.91 Å². The summed E-state index contributed by atoms with van der Waals surface area (Å²) in [6, 6.07) is 20.1. The zero-order valence-electron chi connectivity index (χ0n) is 14.6. The maximum Gasteiger partial charge on any atom is 0.290 e. The van der Waals surface area contributed by atoms with Gasteiger partial charge in [0.05, 0.1) is 5.69 Å². The summed E-state index contributed by atoms with van der Waals surface area (Å²) in [6.07, 6.45) is 3.99. The highest BCUT2D eigenvalue weighted by molar-refractivity contribution is 5.90. The fraction of sp³-hybridized carbons (Fsp3) is 0.286. The van der Waals surface area contributed by atoms with E-state index in [0.29, 0.717) is 5.92 Å². The predicted octanol–water partition coefficient (Wildman–Crippen LogP) is 3.19. The highest BCUT2D eigenvalue weighted by Gasteiger charge is 2.23. The first-order valence-corrected chi connectivity index (χ1v) is 9.13. The third-order valence-corrected chi connectivity index (χ3v) is 4.61. The number of para-hydroxylation sites is 1. The number of benzene rings is 2. The van der Waals surface area contributed by atoms with E-state index in [1.165, 1.54) is 18.4 Å². The van der Waals surface area contributed by atoms with Gasteiger partial charge in [0.1, 0.15) is 5.82 Å². The van der Waals surface area contributed by atoms with Crippen LogP contribution in [0.25, 0.3) is 5.69 Å². The molecule has 0 bridgehead atoms. The van der Waals surface area contributed by atoms with Crippen molar-refractivity contribution in [1.82, 2.24) is 20.1 Å². The summed E-state index contributed by atoms with van der Waals surface area (Å²) in [5, 5.41) is 7.43. The van der Waals surface area contributed by atoms with Gasteiger partial charge >= 0.3 is 0 Å². The lowest BCUT2D eigenvalue weighted by Gasteiger charge is -2.05. The van der Waals surface area contributed by atoms with Crippen LogP contribution in [0.3, 0.4) is 0 Å². The van der Waals surface area contributed by atoms with Crippen molar-refractivity contribution in [2.45, 2.75) is 25.7 Å². The number of aromatic nitrogens is 3. The van der Waals surface area contributed by atoms with Gasteiger partial charge in [0.2, 0.25) is 5.82 Å². The Morgan fingerprint density at radius 2 is 1.69 bits per heavy atom. The average molecular weight is 346 g/mol. The third-order valence-electron chi connectivity index (χ3n) is 4.61. The van der Waals surface area contributed by atoms with Gasteiger partial charge in [0, 0.05) is 13.0 Å². The van der Waals surface area contributed by atoms with Crippen LogP contribution in [0.2, 0.25) is 0 Å². The molecule has 1 N–H and O–H groups in total. The molecule has 132 valence electrons. The van der Waals surface area contributed by atoms with Crippen molar-refractivity contribution in [3.05, 3.63) is 77.9 Å². The third kappa shape index (κ3) is 3.99. The summed E-state index contributed by atoms with van der Waals surface area (Å²) in [6.45, 7) is 0.720. The van der Waals surface area contributed by atoms with E-state index in [1.807, 2.05) is 48.5 Å². The Labute approximate surface area is 153 Å². The van der Waals surface area contributed by atoms with Crippen LogP contribution in [0, 0.1) is 5.92 Å². The van der Waals surface area contributed by atoms with Gasteiger partial charge in [-0.3, -0.25) is 4.79 Å². The molecule has 1 aliphatic carbocycles. The van der Waals surface area contributed by atoms with E-state index in [-0.39, 0.29) is 11.7 Å². The van der Waals surface area contributed by atoms with Crippen LogP contribution >= 0.6 is 0 Å². The van der Waals surface area contributed by atoms with E-state index in [2.05, 4.69) is 27.5 Å². The number of carbonyl (C=O) groups excluding carboxylic acids is 1. The Bertz CT molecular complexity index is 870. The second-order valence-electron chi connectivity index (χ2n) is 6.74. The lowest BCUT2D eigenvalue weighted by atomic mass is 10.1. The largest absolute Gasteiger partial charge is 0.349 e. The van der Waals surface area contributed by atoms with Gasteiger partial charge in [-0.15, -0.1) is 5.10 Å². The molecule has 1 amide bonds. The van der Waals surface area contributed by atoms with Crippen LogP contribution in [0.5, 0.6) is 0 Å². The van der Waals surface area contributed by atoms with Gasteiger partial charge in [-0.2, -0.15) is 0 Å². The van der Waals surface area contributed by atoms with Crippen LogP contribution in [0.15, 0.2) is 60.7 Å². The van der Waals surface area contributed by atoms with Crippen molar-refractivity contribution in [3.63, 3.8) is 0 Å². The summed E-state index contributed by atoms with van der Waals surface area (Å²) in [5.41, 5.74) is 2.17. The molecule has 1 aromatic heterocycles. The quantitative estimate of drug-likeness (QED) is 0.715. The summed E-state index contributed by atoms with van der Waals surface area (Å²) in [5.74, 6) is 1.49. The molecule has 0 unspecified atom stereocenters. The molecule has 26 heavy (non-hydrogen) atoms. The standard InChI is InChI=1S/C21H22N4O/c26-21(22-15-17-11-12-17)20-23-19(14-13-16-7-3-1-4-8-16)25(24-20)18-9-5-2-6-10-18/h1-10,17H,11-15H2,(H,22,26). The highest BCUT2D eigenvalue weighted by Crippen LogP contribution is 2.27. The first-order chi connectivity index (χ1) is 12.8. The predicted molar refractivity (Wildman–Crippen MR) is 100 cm³/mol. The average Bonchev–Trinajstić information content (AvgIpc) is 3.43.